The summed E-state index contributed by atoms with van der Waals surface area (Å²) in [5.41, 5.74) is -1.12. The zero-order valence-electron chi connectivity index (χ0n) is 17.4. The lowest BCUT2D eigenvalue weighted by atomic mass is 9.79. The van der Waals surface area contributed by atoms with Gasteiger partial charge in [0.25, 0.3) is 0 Å². The van der Waals surface area contributed by atoms with Crippen molar-refractivity contribution < 1.29 is 28.0 Å². The Hall–Kier alpha value is -3.25. The molecule has 2 heterocycles. The third-order valence-electron chi connectivity index (χ3n) is 5.83. The molecule has 2 aromatic carbocycles. The monoisotopic (exact) mass is 538 g/mol. The highest BCUT2D eigenvalue weighted by molar-refractivity contribution is 9.10. The van der Waals surface area contributed by atoms with Crippen molar-refractivity contribution in [3.8, 4) is 0 Å². The highest BCUT2D eigenvalue weighted by Gasteiger charge is 2.40. The summed E-state index contributed by atoms with van der Waals surface area (Å²) in [5, 5.41) is 27.2. The van der Waals surface area contributed by atoms with Crippen LogP contribution in [0, 0.1) is 16.0 Å². The molecule has 0 aliphatic carbocycles. The van der Waals surface area contributed by atoms with E-state index < -0.39 is 40.2 Å². The number of carbonyl (C=O) groups is 1. The zero-order valence-corrected chi connectivity index (χ0v) is 19.0. The number of hydrogen-bond donors (Lipinski definition) is 3. The minimum absolute atomic E-state index is 0.0000740. The Labute approximate surface area is 199 Å². The van der Waals surface area contributed by atoms with E-state index in [1.165, 1.54) is 12.1 Å². The summed E-state index contributed by atoms with van der Waals surface area (Å²) in [4.78, 5) is 26.7. The Bertz CT molecular complexity index is 1280. The number of anilines is 2. The number of pyridine rings is 1. The smallest absolute Gasteiger partial charge is 0.416 e. The van der Waals surface area contributed by atoms with Gasteiger partial charge in [0.05, 0.1) is 21.9 Å². The number of benzene rings is 2. The lowest BCUT2D eigenvalue weighted by molar-refractivity contribution is -0.384. The average Bonchev–Trinajstić information content (AvgIpc) is 2.78. The molecule has 2 atom stereocenters. The van der Waals surface area contributed by atoms with Gasteiger partial charge >= 0.3 is 17.8 Å². The summed E-state index contributed by atoms with van der Waals surface area (Å²) in [6.45, 7) is 0.504. The van der Waals surface area contributed by atoms with Crippen molar-refractivity contribution in [1.29, 1.82) is 0 Å². The molecular weight excluding hydrogens is 521 g/mol. The number of hydrogen-bond acceptors (Lipinski definition) is 6. The van der Waals surface area contributed by atoms with Crippen LogP contribution in [-0.4, -0.2) is 34.1 Å². The zero-order chi connectivity index (χ0) is 24.6. The average molecular weight is 539 g/mol. The van der Waals surface area contributed by atoms with E-state index in [1.54, 1.807) is 18.2 Å². The van der Waals surface area contributed by atoms with Crippen molar-refractivity contribution in [2.45, 2.75) is 18.5 Å². The number of carboxylic acid groups (broad SMARTS) is 1. The molecule has 0 spiro atoms. The Morgan fingerprint density at radius 2 is 2.03 bits per heavy atom. The Morgan fingerprint density at radius 1 is 1.26 bits per heavy atom. The predicted octanol–water partition coefficient (Wildman–Crippen LogP) is 5.45. The molecule has 1 saturated heterocycles. The number of fused-ring (bicyclic) bond motifs is 1. The van der Waals surface area contributed by atoms with Crippen molar-refractivity contribution in [1.82, 2.24) is 10.3 Å². The van der Waals surface area contributed by atoms with E-state index in [-0.39, 0.29) is 29.9 Å². The summed E-state index contributed by atoms with van der Waals surface area (Å²) in [6.07, 6.45) is -3.51. The first-order valence-corrected chi connectivity index (χ1v) is 11.0. The number of nitrogens with one attached hydrogen (secondary N) is 2. The van der Waals surface area contributed by atoms with Crippen LogP contribution in [-0.2, 0) is 11.0 Å². The SMILES string of the molecule is O=C(O)C1CCNCC1c1ccc(Nc2c([N+](=O)[O-])cnc3ccc(Br)cc23)cc1C(F)(F)F. The predicted molar refractivity (Wildman–Crippen MR) is 122 cm³/mol. The van der Waals surface area contributed by atoms with Gasteiger partial charge < -0.3 is 15.7 Å². The quantitative estimate of drug-likeness (QED) is 0.292. The van der Waals surface area contributed by atoms with Gasteiger partial charge in [0.15, 0.2) is 0 Å². The number of carboxylic acids is 1. The Morgan fingerprint density at radius 3 is 2.71 bits per heavy atom. The maximum absolute atomic E-state index is 14.0. The molecular formula is C22H18BrF3N4O4. The Balaban J connectivity index is 1.82. The van der Waals surface area contributed by atoms with Crippen LogP contribution in [0.1, 0.15) is 23.5 Å². The van der Waals surface area contributed by atoms with Crippen molar-refractivity contribution >= 4 is 49.9 Å². The lowest BCUT2D eigenvalue weighted by Gasteiger charge is -2.31. The van der Waals surface area contributed by atoms with Gasteiger partial charge in [-0.2, -0.15) is 13.2 Å². The fraction of sp³-hybridized carbons (Fsp3) is 0.273. The molecule has 1 fully saturated rings. The second-order valence-corrected chi connectivity index (χ2v) is 8.82. The van der Waals surface area contributed by atoms with Crippen LogP contribution in [0.4, 0.5) is 30.2 Å². The van der Waals surface area contributed by atoms with Crippen LogP contribution < -0.4 is 10.6 Å². The van der Waals surface area contributed by atoms with Crippen LogP contribution in [0.3, 0.4) is 0 Å². The van der Waals surface area contributed by atoms with Crippen LogP contribution in [0.15, 0.2) is 47.1 Å². The molecule has 34 heavy (non-hydrogen) atoms. The van der Waals surface area contributed by atoms with Crippen molar-refractivity contribution in [3.05, 3.63) is 68.3 Å². The fourth-order valence-corrected chi connectivity index (χ4v) is 4.61. The van der Waals surface area contributed by atoms with Crippen molar-refractivity contribution in [2.75, 3.05) is 18.4 Å². The van der Waals surface area contributed by atoms with Gasteiger partial charge in [-0.3, -0.25) is 14.9 Å². The minimum Gasteiger partial charge on any atom is -0.481 e. The molecule has 3 aromatic rings. The van der Waals surface area contributed by atoms with Gasteiger partial charge in [0.1, 0.15) is 11.9 Å². The second-order valence-electron chi connectivity index (χ2n) is 7.91. The summed E-state index contributed by atoms with van der Waals surface area (Å²) in [7, 11) is 0. The van der Waals surface area contributed by atoms with E-state index in [9.17, 15) is 33.2 Å². The van der Waals surface area contributed by atoms with E-state index in [0.29, 0.717) is 21.9 Å². The number of alkyl halides is 3. The molecule has 1 aromatic heterocycles. The topological polar surface area (TPSA) is 117 Å². The molecule has 4 rings (SSSR count). The van der Waals surface area contributed by atoms with Crippen molar-refractivity contribution in [3.63, 3.8) is 0 Å². The van der Waals surface area contributed by atoms with Crippen LogP contribution >= 0.6 is 15.9 Å². The number of aliphatic carboxylic acids is 1. The summed E-state index contributed by atoms with van der Waals surface area (Å²) in [5.74, 6) is -2.97. The molecule has 178 valence electrons. The molecule has 0 amide bonds. The highest BCUT2D eigenvalue weighted by atomic mass is 79.9. The van der Waals surface area contributed by atoms with Gasteiger partial charge in [-0.25, -0.2) is 4.98 Å². The molecule has 1 aliphatic rings. The maximum atomic E-state index is 14.0. The van der Waals surface area contributed by atoms with Gasteiger partial charge in [-0.1, -0.05) is 22.0 Å². The maximum Gasteiger partial charge on any atom is 0.416 e. The fourth-order valence-electron chi connectivity index (χ4n) is 4.25. The lowest BCUT2D eigenvalue weighted by Crippen LogP contribution is -2.39. The Kier molecular flexibility index (Phi) is 6.45. The van der Waals surface area contributed by atoms with Crippen LogP contribution in [0.25, 0.3) is 10.9 Å². The third kappa shape index (κ3) is 4.68. The molecule has 8 nitrogen and oxygen atoms in total. The number of nitro groups is 1. The van der Waals surface area contributed by atoms with Gasteiger partial charge in [-0.05, 0) is 48.9 Å². The van der Waals surface area contributed by atoms with Gasteiger partial charge in [-0.15, -0.1) is 0 Å². The number of piperidine rings is 1. The largest absolute Gasteiger partial charge is 0.481 e. The normalized spacial score (nSPS) is 18.6. The number of nitrogens with zero attached hydrogens (tertiary/aromatic N) is 2. The first kappa shape index (κ1) is 23.9. The first-order chi connectivity index (χ1) is 16.1. The van der Waals surface area contributed by atoms with E-state index in [1.807, 2.05) is 0 Å². The molecule has 2 unspecified atom stereocenters. The molecule has 1 aliphatic heterocycles. The molecule has 3 N–H and O–H groups in total. The highest BCUT2D eigenvalue weighted by Crippen LogP contribution is 2.42. The van der Waals surface area contributed by atoms with E-state index in [2.05, 4.69) is 31.5 Å². The molecule has 12 heteroatoms. The van der Waals surface area contributed by atoms with Crippen molar-refractivity contribution in [2.24, 2.45) is 5.92 Å². The second kappa shape index (κ2) is 9.18. The molecule has 0 radical (unpaired) electrons. The first-order valence-electron chi connectivity index (χ1n) is 10.2. The standard InChI is InChI=1S/C22H18BrF3N4O4/c23-11-1-4-18-15(7-11)20(19(10-28-18)30(33)34)29-12-2-3-13(17(8-12)22(24,25)26)16-9-27-6-5-14(16)21(31)32/h1-4,7-8,10,14,16,27H,5-6,9H2,(H,28,29)(H,31,32). The third-order valence-corrected chi connectivity index (χ3v) is 6.33. The van der Waals surface area contributed by atoms with Gasteiger partial charge in [0, 0.05) is 28.0 Å². The van der Waals surface area contributed by atoms with E-state index in [0.717, 1.165) is 12.3 Å². The van der Waals surface area contributed by atoms with E-state index in [4.69, 9.17) is 0 Å². The van der Waals surface area contributed by atoms with Gasteiger partial charge in [0.2, 0.25) is 0 Å². The van der Waals surface area contributed by atoms with E-state index >= 15 is 0 Å². The van der Waals surface area contributed by atoms with Crippen LogP contribution in [0.2, 0.25) is 0 Å². The number of halogens is 4. The number of aromatic nitrogens is 1. The minimum atomic E-state index is -4.76. The van der Waals surface area contributed by atoms with Crippen LogP contribution in [0.5, 0.6) is 0 Å². The summed E-state index contributed by atoms with van der Waals surface area (Å²) in [6, 6.07) is 8.37. The molecule has 0 bridgehead atoms. The summed E-state index contributed by atoms with van der Waals surface area (Å²) >= 11 is 3.29. The number of rotatable bonds is 5. The molecule has 0 saturated carbocycles. The summed E-state index contributed by atoms with van der Waals surface area (Å²) < 4.78 is 42.7.